The van der Waals surface area contributed by atoms with E-state index in [1.54, 1.807) is 23.7 Å². The normalized spacial score (nSPS) is 11.1. The van der Waals surface area contributed by atoms with Crippen molar-refractivity contribution < 1.29 is 9.53 Å². The maximum atomic E-state index is 11.1. The third kappa shape index (κ3) is 2.25. The lowest BCUT2D eigenvalue weighted by Gasteiger charge is -1.96. The van der Waals surface area contributed by atoms with E-state index in [2.05, 4.69) is 10.2 Å². The number of ether oxygens (including phenoxy) is 1. The molecule has 2 aromatic heterocycles. The number of fused-ring (bicyclic) bond motifs is 1. The lowest BCUT2D eigenvalue weighted by Crippen LogP contribution is -1.98. The van der Waals surface area contributed by atoms with E-state index in [4.69, 9.17) is 4.74 Å². The fourth-order valence-electron chi connectivity index (χ4n) is 1.29. The largest absolute Gasteiger partial charge is 0.463 e. The van der Waals surface area contributed by atoms with Gasteiger partial charge in [0.05, 0.1) is 6.61 Å². The van der Waals surface area contributed by atoms with Crippen LogP contribution in [-0.4, -0.2) is 27.2 Å². The molecule has 0 amide bonds. The molecule has 2 rings (SSSR count). The summed E-state index contributed by atoms with van der Waals surface area (Å²) in [6, 6.07) is 3.70. The highest BCUT2D eigenvalue weighted by molar-refractivity contribution is 5.87. The number of nitrogens with zero attached hydrogens (tertiary/aromatic N) is 3. The van der Waals surface area contributed by atoms with Crippen molar-refractivity contribution in [3.63, 3.8) is 0 Å². The number of hydrogen-bond donors (Lipinski definition) is 0. The molecule has 0 radical (unpaired) electrons. The summed E-state index contributed by atoms with van der Waals surface area (Å²) in [7, 11) is 0. The molecule has 5 nitrogen and oxygen atoms in total. The van der Waals surface area contributed by atoms with Gasteiger partial charge in [0, 0.05) is 12.3 Å². The molecule has 2 heterocycles. The molecule has 0 N–H and O–H groups in total. The minimum absolute atomic E-state index is 0.344. The zero-order valence-electron chi connectivity index (χ0n) is 8.83. The third-order valence-electron chi connectivity index (χ3n) is 2.02. The van der Waals surface area contributed by atoms with Crippen LogP contribution >= 0.6 is 0 Å². The van der Waals surface area contributed by atoms with Crippen molar-refractivity contribution in [1.82, 2.24) is 14.6 Å². The van der Waals surface area contributed by atoms with Crippen molar-refractivity contribution >= 4 is 17.7 Å². The summed E-state index contributed by atoms with van der Waals surface area (Å²) < 4.78 is 6.57. The van der Waals surface area contributed by atoms with Gasteiger partial charge in [-0.3, -0.25) is 4.40 Å². The van der Waals surface area contributed by atoms with Crippen molar-refractivity contribution in [3.8, 4) is 0 Å². The van der Waals surface area contributed by atoms with E-state index in [1.165, 1.54) is 6.08 Å². The van der Waals surface area contributed by atoms with E-state index >= 15 is 0 Å². The Balaban J connectivity index is 2.17. The molecule has 0 atom stereocenters. The molecular weight excluding hydrogens is 206 g/mol. The van der Waals surface area contributed by atoms with Crippen LogP contribution in [0.2, 0.25) is 0 Å². The lowest BCUT2D eigenvalue weighted by atomic mass is 10.2. The Hall–Kier alpha value is -2.17. The molecule has 0 bridgehead atoms. The Kier molecular flexibility index (Phi) is 2.95. The standard InChI is InChI=1S/C11H11N3O2/c1-2-16-11(15)4-3-9-5-6-14-8-12-13-10(14)7-9/h3-8H,2H2,1H3/b4-3+. The number of pyridine rings is 1. The smallest absolute Gasteiger partial charge is 0.330 e. The first-order valence-electron chi connectivity index (χ1n) is 4.94. The van der Waals surface area contributed by atoms with Crippen molar-refractivity contribution in [3.05, 3.63) is 36.3 Å². The summed E-state index contributed by atoms with van der Waals surface area (Å²) in [5, 5.41) is 7.67. The van der Waals surface area contributed by atoms with Gasteiger partial charge in [-0.25, -0.2) is 4.79 Å². The SMILES string of the molecule is CCOC(=O)/C=C/c1ccn2cnnc2c1. The number of carbonyl (C=O) groups is 1. The summed E-state index contributed by atoms with van der Waals surface area (Å²) in [5.74, 6) is -0.344. The highest BCUT2D eigenvalue weighted by Gasteiger charge is 1.97. The van der Waals surface area contributed by atoms with Crippen LogP contribution in [0.15, 0.2) is 30.7 Å². The molecule has 82 valence electrons. The number of carbonyl (C=O) groups excluding carboxylic acids is 1. The zero-order chi connectivity index (χ0) is 11.4. The summed E-state index contributed by atoms with van der Waals surface area (Å²) in [6.07, 6.45) is 6.53. The first-order chi connectivity index (χ1) is 7.79. The van der Waals surface area contributed by atoms with Gasteiger partial charge in [0.1, 0.15) is 6.33 Å². The Morgan fingerprint density at radius 3 is 3.31 bits per heavy atom. The molecule has 16 heavy (non-hydrogen) atoms. The van der Waals surface area contributed by atoms with Gasteiger partial charge < -0.3 is 4.74 Å². The van der Waals surface area contributed by atoms with Gasteiger partial charge in [0.2, 0.25) is 0 Å². The predicted molar refractivity (Wildman–Crippen MR) is 58.7 cm³/mol. The second kappa shape index (κ2) is 4.57. The molecule has 0 fully saturated rings. The van der Waals surface area contributed by atoms with Gasteiger partial charge in [-0.05, 0) is 30.7 Å². The molecule has 0 aliphatic heterocycles. The van der Waals surface area contributed by atoms with Crippen molar-refractivity contribution in [2.75, 3.05) is 6.61 Å². The van der Waals surface area contributed by atoms with E-state index < -0.39 is 0 Å². The fraction of sp³-hybridized carbons (Fsp3) is 0.182. The number of aromatic nitrogens is 3. The minimum atomic E-state index is -0.344. The average Bonchev–Trinajstić information content (AvgIpc) is 2.74. The average molecular weight is 217 g/mol. The third-order valence-corrected chi connectivity index (χ3v) is 2.02. The van der Waals surface area contributed by atoms with E-state index in [0.717, 1.165) is 11.2 Å². The van der Waals surface area contributed by atoms with Crippen molar-refractivity contribution in [2.24, 2.45) is 0 Å². The minimum Gasteiger partial charge on any atom is -0.463 e. The number of esters is 1. The van der Waals surface area contributed by atoms with E-state index in [0.29, 0.717) is 6.61 Å². The zero-order valence-corrected chi connectivity index (χ0v) is 8.83. The van der Waals surface area contributed by atoms with Gasteiger partial charge in [0.15, 0.2) is 5.65 Å². The van der Waals surface area contributed by atoms with Crippen LogP contribution in [0.1, 0.15) is 12.5 Å². The van der Waals surface area contributed by atoms with Crippen LogP contribution in [0.5, 0.6) is 0 Å². The molecule has 0 unspecified atom stereocenters. The van der Waals surface area contributed by atoms with Crippen molar-refractivity contribution in [2.45, 2.75) is 6.92 Å². The highest BCUT2D eigenvalue weighted by atomic mass is 16.5. The summed E-state index contributed by atoms with van der Waals surface area (Å²) in [4.78, 5) is 11.1. The second-order valence-electron chi connectivity index (χ2n) is 3.14. The summed E-state index contributed by atoms with van der Waals surface area (Å²) in [5.41, 5.74) is 1.62. The molecule has 0 saturated heterocycles. The predicted octanol–water partition coefficient (Wildman–Crippen LogP) is 1.31. The van der Waals surface area contributed by atoms with E-state index in [-0.39, 0.29) is 5.97 Å². The number of rotatable bonds is 3. The Morgan fingerprint density at radius 1 is 1.62 bits per heavy atom. The fourth-order valence-corrected chi connectivity index (χ4v) is 1.29. The van der Waals surface area contributed by atoms with Gasteiger partial charge in [-0.15, -0.1) is 10.2 Å². The van der Waals surface area contributed by atoms with Crippen LogP contribution < -0.4 is 0 Å². The van der Waals surface area contributed by atoms with Crippen LogP contribution in [0, 0.1) is 0 Å². The quantitative estimate of drug-likeness (QED) is 0.574. The first-order valence-corrected chi connectivity index (χ1v) is 4.94. The topological polar surface area (TPSA) is 56.5 Å². The summed E-state index contributed by atoms with van der Waals surface area (Å²) >= 11 is 0. The summed E-state index contributed by atoms with van der Waals surface area (Å²) in [6.45, 7) is 2.15. The van der Waals surface area contributed by atoms with Crippen molar-refractivity contribution in [1.29, 1.82) is 0 Å². The molecule has 0 saturated carbocycles. The molecule has 5 heteroatoms. The Bertz CT molecular complexity index is 531. The van der Waals surface area contributed by atoms with Crippen LogP contribution in [0.4, 0.5) is 0 Å². The Labute approximate surface area is 92.4 Å². The first kappa shape index (κ1) is 10.4. The van der Waals surface area contributed by atoms with Crippen LogP contribution in [0.3, 0.4) is 0 Å². The van der Waals surface area contributed by atoms with Gasteiger partial charge in [-0.1, -0.05) is 0 Å². The Morgan fingerprint density at radius 2 is 2.50 bits per heavy atom. The highest BCUT2D eigenvalue weighted by Crippen LogP contribution is 2.06. The molecule has 0 aliphatic rings. The van der Waals surface area contributed by atoms with Crippen LogP contribution in [-0.2, 0) is 9.53 Å². The maximum absolute atomic E-state index is 11.1. The molecule has 2 aromatic rings. The molecule has 0 aromatic carbocycles. The van der Waals surface area contributed by atoms with Crippen LogP contribution in [0.25, 0.3) is 11.7 Å². The molecular formula is C11H11N3O2. The van der Waals surface area contributed by atoms with Gasteiger partial charge in [0.25, 0.3) is 0 Å². The monoisotopic (exact) mass is 217 g/mol. The number of hydrogen-bond acceptors (Lipinski definition) is 4. The second-order valence-corrected chi connectivity index (χ2v) is 3.14. The lowest BCUT2D eigenvalue weighted by molar-refractivity contribution is -0.137. The van der Waals surface area contributed by atoms with Gasteiger partial charge in [-0.2, -0.15) is 0 Å². The van der Waals surface area contributed by atoms with E-state index in [1.807, 2.05) is 18.3 Å². The van der Waals surface area contributed by atoms with E-state index in [9.17, 15) is 4.79 Å². The van der Waals surface area contributed by atoms with Gasteiger partial charge >= 0.3 is 5.97 Å². The molecule has 0 spiro atoms. The molecule has 0 aliphatic carbocycles. The maximum Gasteiger partial charge on any atom is 0.330 e.